The summed E-state index contributed by atoms with van der Waals surface area (Å²) in [5, 5.41) is 3.25. The van der Waals surface area contributed by atoms with Gasteiger partial charge in [0.05, 0.1) is 5.56 Å². The van der Waals surface area contributed by atoms with E-state index in [9.17, 15) is 9.18 Å². The van der Waals surface area contributed by atoms with Gasteiger partial charge in [-0.3, -0.25) is 4.79 Å². The molecule has 1 amide bonds. The van der Waals surface area contributed by atoms with Gasteiger partial charge in [-0.25, -0.2) is 4.39 Å². The van der Waals surface area contributed by atoms with Gasteiger partial charge >= 0.3 is 0 Å². The summed E-state index contributed by atoms with van der Waals surface area (Å²) in [6.07, 6.45) is 0. The zero-order valence-electron chi connectivity index (χ0n) is 9.54. The van der Waals surface area contributed by atoms with Crippen molar-refractivity contribution in [3.05, 3.63) is 34.1 Å². The quantitative estimate of drug-likeness (QED) is 0.861. The van der Waals surface area contributed by atoms with Crippen molar-refractivity contribution in [2.75, 3.05) is 19.6 Å². The fourth-order valence-corrected chi connectivity index (χ4v) is 2.31. The number of piperazine rings is 1. The smallest absolute Gasteiger partial charge is 0.256 e. The molecule has 1 heterocycles. The number of halogens is 2. The van der Waals surface area contributed by atoms with Crippen molar-refractivity contribution in [3.63, 3.8) is 0 Å². The van der Waals surface area contributed by atoms with Crippen LogP contribution in [0.2, 0.25) is 0 Å². The lowest BCUT2D eigenvalue weighted by atomic mass is 10.1. The molecule has 0 saturated carbocycles. The minimum Gasteiger partial charge on any atom is -0.336 e. The molecule has 2 rings (SSSR count). The lowest BCUT2D eigenvalue weighted by Gasteiger charge is -2.32. The summed E-state index contributed by atoms with van der Waals surface area (Å²) in [4.78, 5) is 13.8. The van der Waals surface area contributed by atoms with Gasteiger partial charge in [-0.1, -0.05) is 15.9 Å². The summed E-state index contributed by atoms with van der Waals surface area (Å²) in [5.74, 6) is -0.707. The van der Waals surface area contributed by atoms with Crippen LogP contribution in [0.25, 0.3) is 0 Å². The van der Waals surface area contributed by atoms with Gasteiger partial charge in [-0.2, -0.15) is 0 Å². The summed E-state index contributed by atoms with van der Waals surface area (Å²) in [6, 6.07) is 4.68. The molecule has 0 aromatic heterocycles. The van der Waals surface area contributed by atoms with Gasteiger partial charge in [0.15, 0.2) is 0 Å². The summed E-state index contributed by atoms with van der Waals surface area (Å²) in [5.41, 5.74) is 0.133. The molecule has 1 saturated heterocycles. The number of hydrogen-bond donors (Lipinski definition) is 1. The van der Waals surface area contributed by atoms with Crippen molar-refractivity contribution in [1.82, 2.24) is 10.2 Å². The second kappa shape index (κ2) is 5.14. The molecular formula is C12H14BrFN2O. The highest BCUT2D eigenvalue weighted by Gasteiger charge is 2.23. The monoisotopic (exact) mass is 300 g/mol. The zero-order chi connectivity index (χ0) is 12.4. The van der Waals surface area contributed by atoms with Crippen molar-refractivity contribution < 1.29 is 9.18 Å². The summed E-state index contributed by atoms with van der Waals surface area (Å²) >= 11 is 3.25. The van der Waals surface area contributed by atoms with E-state index in [-0.39, 0.29) is 17.5 Å². The molecular weight excluding hydrogens is 287 g/mol. The molecule has 0 bridgehead atoms. The van der Waals surface area contributed by atoms with E-state index in [4.69, 9.17) is 0 Å². The predicted molar refractivity (Wildman–Crippen MR) is 67.5 cm³/mol. The molecule has 92 valence electrons. The molecule has 1 aliphatic heterocycles. The molecule has 1 aromatic carbocycles. The third kappa shape index (κ3) is 2.84. The van der Waals surface area contributed by atoms with E-state index in [0.29, 0.717) is 17.6 Å². The van der Waals surface area contributed by atoms with E-state index in [1.807, 2.05) is 6.92 Å². The number of nitrogens with one attached hydrogen (secondary N) is 1. The third-order valence-electron chi connectivity index (χ3n) is 2.81. The molecule has 1 aromatic rings. The minimum atomic E-state index is -0.468. The van der Waals surface area contributed by atoms with Crippen LogP contribution in [0.4, 0.5) is 4.39 Å². The van der Waals surface area contributed by atoms with Crippen molar-refractivity contribution in [2.24, 2.45) is 0 Å². The van der Waals surface area contributed by atoms with Crippen LogP contribution in [0.3, 0.4) is 0 Å². The number of amides is 1. The molecule has 1 aliphatic rings. The Labute approximate surface area is 108 Å². The number of hydrogen-bond acceptors (Lipinski definition) is 2. The first-order chi connectivity index (χ1) is 8.08. The Kier molecular flexibility index (Phi) is 3.79. The number of rotatable bonds is 1. The topological polar surface area (TPSA) is 32.3 Å². The molecule has 5 heteroatoms. The Morgan fingerprint density at radius 2 is 2.35 bits per heavy atom. The van der Waals surface area contributed by atoms with Gasteiger partial charge < -0.3 is 10.2 Å². The maximum Gasteiger partial charge on any atom is 0.256 e. The van der Waals surface area contributed by atoms with Crippen LogP contribution in [0.1, 0.15) is 17.3 Å². The van der Waals surface area contributed by atoms with E-state index < -0.39 is 5.82 Å². The molecule has 0 spiro atoms. The average molecular weight is 301 g/mol. The summed E-state index contributed by atoms with van der Waals surface area (Å²) in [6.45, 7) is 4.00. The van der Waals surface area contributed by atoms with Crippen molar-refractivity contribution in [2.45, 2.75) is 13.0 Å². The largest absolute Gasteiger partial charge is 0.336 e. The van der Waals surface area contributed by atoms with Crippen LogP contribution < -0.4 is 5.32 Å². The Balaban J connectivity index is 2.21. The van der Waals surface area contributed by atoms with Gasteiger partial charge in [-0.05, 0) is 25.1 Å². The maximum absolute atomic E-state index is 13.6. The van der Waals surface area contributed by atoms with Crippen LogP contribution in [-0.4, -0.2) is 36.5 Å². The van der Waals surface area contributed by atoms with Gasteiger partial charge in [0.1, 0.15) is 5.82 Å². The van der Waals surface area contributed by atoms with E-state index in [1.54, 1.807) is 11.0 Å². The first kappa shape index (κ1) is 12.5. The Bertz CT molecular complexity index is 439. The number of carbonyl (C=O) groups excluding carboxylic acids is 1. The molecule has 1 fully saturated rings. The Morgan fingerprint density at radius 1 is 1.59 bits per heavy atom. The number of nitrogens with zero attached hydrogens (tertiary/aromatic N) is 1. The highest BCUT2D eigenvalue weighted by atomic mass is 79.9. The Morgan fingerprint density at radius 3 is 3.06 bits per heavy atom. The summed E-state index contributed by atoms with van der Waals surface area (Å²) in [7, 11) is 0. The lowest BCUT2D eigenvalue weighted by molar-refractivity contribution is 0.0704. The van der Waals surface area contributed by atoms with Gasteiger partial charge in [0.2, 0.25) is 0 Å². The highest BCUT2D eigenvalue weighted by Crippen LogP contribution is 2.18. The minimum absolute atomic E-state index is 0.133. The molecule has 17 heavy (non-hydrogen) atoms. The van der Waals surface area contributed by atoms with Crippen molar-refractivity contribution in [1.29, 1.82) is 0 Å². The molecule has 0 aliphatic carbocycles. The van der Waals surface area contributed by atoms with Crippen LogP contribution in [0, 0.1) is 5.82 Å². The zero-order valence-corrected chi connectivity index (χ0v) is 11.1. The van der Waals surface area contributed by atoms with E-state index in [0.717, 1.165) is 6.54 Å². The van der Waals surface area contributed by atoms with Gasteiger partial charge in [0.25, 0.3) is 5.91 Å². The Hall–Kier alpha value is -0.940. The van der Waals surface area contributed by atoms with Crippen LogP contribution in [0.15, 0.2) is 22.7 Å². The van der Waals surface area contributed by atoms with Crippen molar-refractivity contribution in [3.8, 4) is 0 Å². The second-order valence-electron chi connectivity index (χ2n) is 4.23. The number of carbonyl (C=O) groups is 1. The van der Waals surface area contributed by atoms with Crippen LogP contribution in [-0.2, 0) is 0 Å². The second-order valence-corrected chi connectivity index (χ2v) is 5.15. The molecule has 0 unspecified atom stereocenters. The van der Waals surface area contributed by atoms with Crippen LogP contribution >= 0.6 is 15.9 Å². The van der Waals surface area contributed by atoms with Gasteiger partial charge in [0, 0.05) is 30.1 Å². The standard InChI is InChI=1S/C12H14BrFN2O/c1-8-7-16(5-4-15-8)12(17)10-6-9(13)2-3-11(10)14/h2-3,6,8,15H,4-5,7H2,1H3/t8-/m0/s1. The average Bonchev–Trinajstić information content (AvgIpc) is 2.31. The lowest BCUT2D eigenvalue weighted by Crippen LogP contribution is -2.51. The molecule has 1 atom stereocenters. The summed E-state index contributed by atoms with van der Waals surface area (Å²) < 4.78 is 14.3. The predicted octanol–water partition coefficient (Wildman–Crippen LogP) is 2.02. The molecule has 1 N–H and O–H groups in total. The van der Waals surface area contributed by atoms with E-state index in [1.165, 1.54) is 12.1 Å². The van der Waals surface area contributed by atoms with E-state index >= 15 is 0 Å². The normalized spacial score (nSPS) is 20.4. The number of benzene rings is 1. The molecule has 0 radical (unpaired) electrons. The first-order valence-electron chi connectivity index (χ1n) is 5.55. The first-order valence-corrected chi connectivity index (χ1v) is 6.35. The van der Waals surface area contributed by atoms with Gasteiger partial charge in [-0.15, -0.1) is 0 Å². The fourth-order valence-electron chi connectivity index (χ4n) is 1.95. The highest BCUT2D eigenvalue weighted by molar-refractivity contribution is 9.10. The third-order valence-corrected chi connectivity index (χ3v) is 3.31. The fraction of sp³-hybridized carbons (Fsp3) is 0.417. The van der Waals surface area contributed by atoms with Crippen molar-refractivity contribution >= 4 is 21.8 Å². The SMILES string of the molecule is C[C@H]1CN(C(=O)c2cc(Br)ccc2F)CCN1. The van der Waals surface area contributed by atoms with E-state index in [2.05, 4.69) is 21.2 Å². The maximum atomic E-state index is 13.6. The van der Waals surface area contributed by atoms with Crippen LogP contribution in [0.5, 0.6) is 0 Å². The molecule has 3 nitrogen and oxygen atoms in total.